The van der Waals surface area contributed by atoms with Crippen LogP contribution in [0, 0.1) is 0 Å². The topological polar surface area (TPSA) is 63.2 Å². The van der Waals surface area contributed by atoms with Crippen molar-refractivity contribution in [1.29, 1.82) is 0 Å². The SMILES string of the molecule is CNc1nc(OCc2ccccc2)nc(N2CCCC2)n1. The van der Waals surface area contributed by atoms with Gasteiger partial charge < -0.3 is 15.0 Å². The molecule has 0 unspecified atom stereocenters. The first kappa shape index (κ1) is 13.6. The van der Waals surface area contributed by atoms with Crippen molar-refractivity contribution in [1.82, 2.24) is 15.0 Å². The summed E-state index contributed by atoms with van der Waals surface area (Å²) in [6, 6.07) is 10.3. The molecular formula is C15H19N5O. The van der Waals surface area contributed by atoms with E-state index < -0.39 is 0 Å². The van der Waals surface area contributed by atoms with Crippen molar-refractivity contribution in [3.05, 3.63) is 35.9 Å². The summed E-state index contributed by atoms with van der Waals surface area (Å²) in [6.07, 6.45) is 2.36. The zero-order valence-electron chi connectivity index (χ0n) is 12.1. The third-order valence-corrected chi connectivity index (χ3v) is 3.43. The molecule has 2 aromatic rings. The van der Waals surface area contributed by atoms with Crippen LogP contribution in [-0.4, -0.2) is 35.1 Å². The first-order valence-corrected chi connectivity index (χ1v) is 7.20. The van der Waals surface area contributed by atoms with Gasteiger partial charge in [-0.15, -0.1) is 0 Å². The molecule has 6 heteroatoms. The Labute approximate surface area is 124 Å². The van der Waals surface area contributed by atoms with E-state index in [1.54, 1.807) is 7.05 Å². The van der Waals surface area contributed by atoms with Gasteiger partial charge in [0.15, 0.2) is 0 Å². The largest absolute Gasteiger partial charge is 0.458 e. The maximum atomic E-state index is 5.71. The maximum absolute atomic E-state index is 5.71. The third kappa shape index (κ3) is 3.39. The molecular weight excluding hydrogens is 266 g/mol. The molecule has 0 aliphatic carbocycles. The summed E-state index contributed by atoms with van der Waals surface area (Å²) in [5.41, 5.74) is 1.09. The molecule has 1 saturated heterocycles. The molecule has 1 aliphatic heterocycles. The van der Waals surface area contributed by atoms with Crippen molar-refractivity contribution in [2.24, 2.45) is 0 Å². The summed E-state index contributed by atoms with van der Waals surface area (Å²) in [4.78, 5) is 15.2. The fourth-order valence-electron chi connectivity index (χ4n) is 2.30. The van der Waals surface area contributed by atoms with Gasteiger partial charge in [-0.1, -0.05) is 30.3 Å². The molecule has 1 aliphatic rings. The Kier molecular flexibility index (Phi) is 4.14. The average molecular weight is 285 g/mol. The Morgan fingerprint density at radius 1 is 1.10 bits per heavy atom. The third-order valence-electron chi connectivity index (χ3n) is 3.43. The Balaban J connectivity index is 1.75. The van der Waals surface area contributed by atoms with Crippen LogP contribution in [0.3, 0.4) is 0 Å². The Morgan fingerprint density at radius 3 is 2.57 bits per heavy atom. The number of anilines is 2. The van der Waals surface area contributed by atoms with Crippen LogP contribution >= 0.6 is 0 Å². The van der Waals surface area contributed by atoms with Gasteiger partial charge >= 0.3 is 6.01 Å². The second-order valence-electron chi connectivity index (χ2n) is 4.96. The van der Waals surface area contributed by atoms with Crippen molar-refractivity contribution in [3.8, 4) is 6.01 Å². The van der Waals surface area contributed by atoms with Crippen LogP contribution < -0.4 is 15.0 Å². The Bertz CT molecular complexity index is 584. The number of benzene rings is 1. The second kappa shape index (κ2) is 6.39. The molecule has 2 heterocycles. The summed E-state index contributed by atoms with van der Waals surface area (Å²) >= 11 is 0. The summed E-state index contributed by atoms with van der Waals surface area (Å²) in [5.74, 6) is 1.23. The van der Waals surface area contributed by atoms with E-state index >= 15 is 0 Å². The summed E-state index contributed by atoms with van der Waals surface area (Å²) < 4.78 is 5.71. The van der Waals surface area contributed by atoms with Gasteiger partial charge in [-0.3, -0.25) is 0 Å². The molecule has 0 atom stereocenters. The maximum Gasteiger partial charge on any atom is 0.323 e. The van der Waals surface area contributed by atoms with E-state index in [4.69, 9.17) is 4.74 Å². The second-order valence-corrected chi connectivity index (χ2v) is 4.96. The minimum atomic E-state index is 0.361. The number of ether oxygens (including phenoxy) is 1. The monoisotopic (exact) mass is 285 g/mol. The minimum absolute atomic E-state index is 0.361. The van der Waals surface area contributed by atoms with Crippen molar-refractivity contribution in [3.63, 3.8) is 0 Å². The van der Waals surface area contributed by atoms with E-state index in [0.29, 0.717) is 24.5 Å². The van der Waals surface area contributed by atoms with Gasteiger partial charge in [-0.05, 0) is 18.4 Å². The fraction of sp³-hybridized carbons (Fsp3) is 0.400. The van der Waals surface area contributed by atoms with E-state index in [2.05, 4.69) is 25.2 Å². The predicted molar refractivity (Wildman–Crippen MR) is 81.6 cm³/mol. The number of nitrogens with one attached hydrogen (secondary N) is 1. The lowest BCUT2D eigenvalue weighted by molar-refractivity contribution is 0.280. The van der Waals surface area contributed by atoms with Gasteiger partial charge in [-0.25, -0.2) is 0 Å². The van der Waals surface area contributed by atoms with Crippen LogP contribution in [-0.2, 0) is 6.61 Å². The zero-order valence-corrected chi connectivity index (χ0v) is 12.1. The number of rotatable bonds is 5. The van der Waals surface area contributed by atoms with Crippen LogP contribution in [0.15, 0.2) is 30.3 Å². The van der Waals surface area contributed by atoms with Crippen LogP contribution in [0.4, 0.5) is 11.9 Å². The van der Waals surface area contributed by atoms with Gasteiger partial charge in [0.25, 0.3) is 0 Å². The van der Waals surface area contributed by atoms with E-state index in [1.165, 1.54) is 12.8 Å². The molecule has 0 amide bonds. The molecule has 1 aromatic carbocycles. The molecule has 21 heavy (non-hydrogen) atoms. The van der Waals surface area contributed by atoms with Gasteiger partial charge in [0.05, 0.1) is 0 Å². The quantitative estimate of drug-likeness (QED) is 0.907. The Morgan fingerprint density at radius 2 is 1.86 bits per heavy atom. The number of aromatic nitrogens is 3. The van der Waals surface area contributed by atoms with E-state index in [0.717, 1.165) is 18.7 Å². The number of nitrogens with zero attached hydrogens (tertiary/aromatic N) is 4. The molecule has 0 spiro atoms. The summed E-state index contributed by atoms with van der Waals surface area (Å²) in [5, 5.41) is 2.96. The van der Waals surface area contributed by atoms with E-state index in [-0.39, 0.29) is 0 Å². The van der Waals surface area contributed by atoms with Crippen LogP contribution in [0.5, 0.6) is 6.01 Å². The molecule has 0 radical (unpaired) electrons. The highest BCUT2D eigenvalue weighted by Gasteiger charge is 2.17. The van der Waals surface area contributed by atoms with Gasteiger partial charge in [0.1, 0.15) is 6.61 Å². The molecule has 1 fully saturated rings. The lowest BCUT2D eigenvalue weighted by atomic mass is 10.2. The zero-order chi connectivity index (χ0) is 14.5. The van der Waals surface area contributed by atoms with Crippen LogP contribution in [0.2, 0.25) is 0 Å². The fourth-order valence-corrected chi connectivity index (χ4v) is 2.30. The molecule has 110 valence electrons. The predicted octanol–water partition coefficient (Wildman–Crippen LogP) is 2.09. The van der Waals surface area contributed by atoms with Crippen molar-refractivity contribution < 1.29 is 4.74 Å². The lowest BCUT2D eigenvalue weighted by Crippen LogP contribution is -2.21. The molecule has 0 saturated carbocycles. The smallest absolute Gasteiger partial charge is 0.323 e. The van der Waals surface area contributed by atoms with Crippen molar-refractivity contribution in [2.75, 3.05) is 30.4 Å². The van der Waals surface area contributed by atoms with Gasteiger partial charge in [0, 0.05) is 20.1 Å². The van der Waals surface area contributed by atoms with Crippen LogP contribution in [0.25, 0.3) is 0 Å². The van der Waals surface area contributed by atoms with Crippen molar-refractivity contribution in [2.45, 2.75) is 19.4 Å². The highest BCUT2D eigenvalue weighted by Crippen LogP contribution is 2.19. The highest BCUT2D eigenvalue weighted by molar-refractivity contribution is 5.38. The standard InChI is InChI=1S/C15H19N5O/c1-16-13-17-14(20-9-5-6-10-20)19-15(18-13)21-11-12-7-3-2-4-8-12/h2-4,7-8H,5-6,9-11H2,1H3,(H,16,17,18,19). The Hall–Kier alpha value is -2.37. The first-order valence-electron chi connectivity index (χ1n) is 7.20. The van der Waals surface area contributed by atoms with Gasteiger partial charge in [0.2, 0.25) is 11.9 Å². The lowest BCUT2D eigenvalue weighted by Gasteiger charge is -2.16. The summed E-state index contributed by atoms with van der Waals surface area (Å²) in [7, 11) is 1.80. The van der Waals surface area contributed by atoms with E-state index in [1.807, 2.05) is 30.3 Å². The summed E-state index contributed by atoms with van der Waals surface area (Å²) in [6.45, 7) is 2.43. The average Bonchev–Trinajstić information content (AvgIpc) is 3.08. The van der Waals surface area contributed by atoms with E-state index in [9.17, 15) is 0 Å². The highest BCUT2D eigenvalue weighted by atomic mass is 16.5. The van der Waals surface area contributed by atoms with Crippen molar-refractivity contribution >= 4 is 11.9 Å². The molecule has 1 N–H and O–H groups in total. The molecule has 0 bridgehead atoms. The molecule has 3 rings (SSSR count). The molecule has 1 aromatic heterocycles. The van der Waals surface area contributed by atoms with Gasteiger partial charge in [-0.2, -0.15) is 15.0 Å². The molecule has 6 nitrogen and oxygen atoms in total. The number of hydrogen-bond acceptors (Lipinski definition) is 6. The minimum Gasteiger partial charge on any atom is -0.458 e. The van der Waals surface area contributed by atoms with Crippen LogP contribution in [0.1, 0.15) is 18.4 Å². The first-order chi connectivity index (χ1) is 10.3. The number of hydrogen-bond donors (Lipinski definition) is 1. The normalized spacial score (nSPS) is 14.2.